The second-order valence-corrected chi connectivity index (χ2v) is 11.2. The van der Waals surface area contributed by atoms with E-state index in [1.807, 2.05) is 62.4 Å². The Kier molecular flexibility index (Phi) is 7.67. The number of anilines is 1. The molecule has 0 bridgehead atoms. The highest BCUT2D eigenvalue weighted by atomic mass is 32.2. The minimum absolute atomic E-state index is 0.0557. The maximum absolute atomic E-state index is 15.4. The van der Waals surface area contributed by atoms with Crippen LogP contribution in [0, 0.1) is 19.7 Å². The van der Waals surface area contributed by atoms with Gasteiger partial charge in [0.1, 0.15) is 23.9 Å². The second-order valence-electron chi connectivity index (χ2n) is 10.1. The Morgan fingerprint density at radius 1 is 1.02 bits per heavy atom. The predicted molar refractivity (Wildman–Crippen MR) is 162 cm³/mol. The van der Waals surface area contributed by atoms with Crippen LogP contribution >= 0.6 is 11.8 Å². The van der Waals surface area contributed by atoms with Crippen LogP contribution in [0.3, 0.4) is 0 Å². The SMILES string of the molecule is Cc1cccc(-n2nc(-c3ccccc3)c3c2N(CC(=O)NCc2ccco2)C(=O)CS[C@H]3c2ccccc2F)c1C. The zero-order valence-electron chi connectivity index (χ0n) is 23.2. The molecule has 6 rings (SSSR count). The van der Waals surface area contributed by atoms with E-state index in [1.165, 1.54) is 22.7 Å². The second kappa shape index (κ2) is 11.7. The van der Waals surface area contributed by atoms with E-state index in [9.17, 15) is 9.59 Å². The molecule has 0 radical (unpaired) electrons. The highest BCUT2D eigenvalue weighted by Gasteiger charge is 2.38. The van der Waals surface area contributed by atoms with Crippen molar-refractivity contribution in [1.29, 1.82) is 0 Å². The molecule has 0 saturated heterocycles. The number of carbonyl (C=O) groups is 2. The smallest absolute Gasteiger partial charge is 0.240 e. The van der Waals surface area contributed by atoms with Crippen LogP contribution in [-0.4, -0.2) is 33.9 Å². The number of halogens is 1. The first kappa shape index (κ1) is 27.5. The van der Waals surface area contributed by atoms with E-state index in [-0.39, 0.29) is 36.5 Å². The number of fused-ring (bicyclic) bond motifs is 1. The molecule has 1 N–H and O–H groups in total. The normalized spacial score (nSPS) is 14.9. The van der Waals surface area contributed by atoms with Crippen LogP contribution in [0.5, 0.6) is 0 Å². The van der Waals surface area contributed by atoms with Gasteiger partial charge in [0.15, 0.2) is 0 Å². The van der Waals surface area contributed by atoms with Crippen LogP contribution in [0.1, 0.15) is 33.3 Å². The van der Waals surface area contributed by atoms with Crippen molar-refractivity contribution in [3.8, 4) is 16.9 Å². The number of thioether (sulfide) groups is 1. The first-order valence-electron chi connectivity index (χ1n) is 13.6. The average Bonchev–Trinajstić information content (AvgIpc) is 3.63. The lowest BCUT2D eigenvalue weighted by Gasteiger charge is -2.24. The Morgan fingerprint density at radius 2 is 1.81 bits per heavy atom. The molecule has 42 heavy (non-hydrogen) atoms. The van der Waals surface area contributed by atoms with E-state index in [1.54, 1.807) is 41.3 Å². The molecule has 5 aromatic rings. The number of nitrogens with one attached hydrogen (secondary N) is 1. The molecule has 1 aliphatic heterocycles. The van der Waals surface area contributed by atoms with Crippen LogP contribution in [0.2, 0.25) is 0 Å². The van der Waals surface area contributed by atoms with Gasteiger partial charge in [-0.05, 0) is 49.2 Å². The van der Waals surface area contributed by atoms with Gasteiger partial charge in [-0.25, -0.2) is 9.07 Å². The van der Waals surface area contributed by atoms with Gasteiger partial charge in [-0.2, -0.15) is 5.10 Å². The number of benzene rings is 3. The lowest BCUT2D eigenvalue weighted by molar-refractivity contribution is -0.123. The van der Waals surface area contributed by atoms with E-state index in [0.29, 0.717) is 28.4 Å². The molecule has 0 fully saturated rings. The van der Waals surface area contributed by atoms with Crippen LogP contribution in [-0.2, 0) is 16.1 Å². The summed E-state index contributed by atoms with van der Waals surface area (Å²) < 4.78 is 22.5. The summed E-state index contributed by atoms with van der Waals surface area (Å²) in [7, 11) is 0. The van der Waals surface area contributed by atoms with Gasteiger partial charge in [-0.3, -0.25) is 14.5 Å². The van der Waals surface area contributed by atoms with Crippen molar-refractivity contribution in [2.75, 3.05) is 17.2 Å². The van der Waals surface area contributed by atoms with Crippen LogP contribution < -0.4 is 10.2 Å². The Labute approximate surface area is 247 Å². The Hall–Kier alpha value is -4.63. The van der Waals surface area contributed by atoms with Crippen molar-refractivity contribution in [3.63, 3.8) is 0 Å². The maximum Gasteiger partial charge on any atom is 0.240 e. The topological polar surface area (TPSA) is 80.4 Å². The van der Waals surface area contributed by atoms with Crippen molar-refractivity contribution >= 4 is 29.4 Å². The van der Waals surface area contributed by atoms with E-state index in [2.05, 4.69) is 5.32 Å². The number of carbonyl (C=O) groups excluding carboxylic acids is 2. The lowest BCUT2D eigenvalue weighted by Crippen LogP contribution is -2.42. The number of hydrogen-bond donors (Lipinski definition) is 1. The standard InChI is InChI=1S/C33H29FN4O3S/c1-21-10-8-16-27(22(21)2)38-33-30(31(36-38)23-11-4-3-5-12-23)32(25-14-6-7-15-26(25)34)42-20-29(40)37(33)19-28(39)35-18-24-13-9-17-41-24/h3-17,32H,18-20H2,1-2H3,(H,35,39)/t32-/m0/s1. The van der Waals surface area contributed by atoms with Crippen molar-refractivity contribution in [3.05, 3.63) is 125 Å². The summed E-state index contributed by atoms with van der Waals surface area (Å²) in [6, 6.07) is 25.7. The van der Waals surface area contributed by atoms with Crippen molar-refractivity contribution in [1.82, 2.24) is 15.1 Å². The number of aryl methyl sites for hydroxylation is 1. The maximum atomic E-state index is 15.4. The number of amides is 2. The molecule has 9 heteroatoms. The van der Waals surface area contributed by atoms with Crippen LogP contribution in [0.25, 0.3) is 16.9 Å². The Morgan fingerprint density at radius 3 is 2.57 bits per heavy atom. The Bertz CT molecular complexity index is 1750. The molecule has 7 nitrogen and oxygen atoms in total. The highest BCUT2D eigenvalue weighted by molar-refractivity contribution is 8.00. The third kappa shape index (κ3) is 5.23. The zero-order valence-corrected chi connectivity index (χ0v) is 24.0. The number of furan rings is 1. The summed E-state index contributed by atoms with van der Waals surface area (Å²) in [4.78, 5) is 28.6. The number of aromatic nitrogens is 2. The molecule has 2 amide bonds. The van der Waals surface area contributed by atoms with Gasteiger partial charge >= 0.3 is 0 Å². The third-order valence-corrected chi connectivity index (χ3v) is 8.71. The molecule has 0 spiro atoms. The number of hydrogen-bond acceptors (Lipinski definition) is 5. The summed E-state index contributed by atoms with van der Waals surface area (Å²) in [5, 5.41) is 7.41. The molecule has 212 valence electrons. The van der Waals surface area contributed by atoms with Gasteiger partial charge in [0, 0.05) is 16.7 Å². The fourth-order valence-electron chi connectivity index (χ4n) is 5.19. The molecule has 1 atom stereocenters. The van der Waals surface area contributed by atoms with Gasteiger partial charge in [0.2, 0.25) is 11.8 Å². The van der Waals surface area contributed by atoms with Gasteiger partial charge < -0.3 is 9.73 Å². The number of nitrogens with zero attached hydrogens (tertiary/aromatic N) is 3. The van der Waals surface area contributed by atoms with Crippen LogP contribution in [0.4, 0.5) is 10.2 Å². The molecule has 3 heterocycles. The van der Waals surface area contributed by atoms with Crippen LogP contribution in [0.15, 0.2) is 95.6 Å². The molecule has 3 aromatic carbocycles. The summed E-state index contributed by atoms with van der Waals surface area (Å²) in [6.45, 7) is 3.98. The molecular formula is C33H29FN4O3S. The third-order valence-electron chi connectivity index (χ3n) is 7.47. The highest BCUT2D eigenvalue weighted by Crippen LogP contribution is 2.49. The van der Waals surface area contributed by atoms with Gasteiger partial charge in [0.25, 0.3) is 0 Å². The first-order valence-corrected chi connectivity index (χ1v) is 14.7. The van der Waals surface area contributed by atoms with E-state index in [4.69, 9.17) is 9.52 Å². The molecule has 1 aliphatic rings. The van der Waals surface area contributed by atoms with Gasteiger partial charge in [-0.15, -0.1) is 11.8 Å². The Balaban J connectivity index is 1.57. The summed E-state index contributed by atoms with van der Waals surface area (Å²) in [5.41, 5.74) is 5.41. The van der Waals surface area contributed by atoms with Crippen molar-refractivity contribution in [2.24, 2.45) is 0 Å². The minimum Gasteiger partial charge on any atom is -0.467 e. The van der Waals surface area contributed by atoms with E-state index < -0.39 is 5.25 Å². The molecule has 0 aliphatic carbocycles. The summed E-state index contributed by atoms with van der Waals surface area (Å²) >= 11 is 1.34. The minimum atomic E-state index is -0.546. The summed E-state index contributed by atoms with van der Waals surface area (Å²) in [5.74, 6) is 0.137. The fourth-order valence-corrected chi connectivity index (χ4v) is 6.41. The fraction of sp³-hybridized carbons (Fsp3) is 0.182. The van der Waals surface area contributed by atoms with Crippen molar-refractivity contribution in [2.45, 2.75) is 25.6 Å². The molecule has 0 unspecified atom stereocenters. The largest absolute Gasteiger partial charge is 0.467 e. The average molecular weight is 581 g/mol. The molecule has 0 saturated carbocycles. The lowest BCUT2D eigenvalue weighted by atomic mass is 9.99. The monoisotopic (exact) mass is 580 g/mol. The van der Waals surface area contributed by atoms with Crippen molar-refractivity contribution < 1.29 is 18.4 Å². The first-order chi connectivity index (χ1) is 20.4. The quantitative estimate of drug-likeness (QED) is 0.242. The van der Waals surface area contributed by atoms with Gasteiger partial charge in [-0.1, -0.05) is 60.7 Å². The van der Waals surface area contributed by atoms with E-state index in [0.717, 1.165) is 22.4 Å². The molecule has 2 aromatic heterocycles. The number of rotatable bonds is 7. The van der Waals surface area contributed by atoms with E-state index >= 15 is 4.39 Å². The zero-order chi connectivity index (χ0) is 29.2. The summed E-state index contributed by atoms with van der Waals surface area (Å²) in [6.07, 6.45) is 1.54. The predicted octanol–water partition coefficient (Wildman–Crippen LogP) is 6.37. The van der Waals surface area contributed by atoms with Gasteiger partial charge in [0.05, 0.1) is 35.2 Å². The molecular weight excluding hydrogens is 551 g/mol.